The third-order valence-electron chi connectivity index (χ3n) is 2.76. The Bertz CT molecular complexity index is 532. The van der Waals surface area contributed by atoms with E-state index in [0.29, 0.717) is 23.7 Å². The van der Waals surface area contributed by atoms with E-state index in [1.165, 1.54) is 7.11 Å². The minimum absolute atomic E-state index is 0.0472. The molecule has 0 amide bonds. The first-order valence-corrected chi connectivity index (χ1v) is 8.04. The molecular weight excluding hydrogens is 264 g/mol. The van der Waals surface area contributed by atoms with E-state index in [0.717, 1.165) is 0 Å². The van der Waals surface area contributed by atoms with Crippen LogP contribution in [-0.4, -0.2) is 32.8 Å². The van der Waals surface area contributed by atoms with Crippen LogP contribution in [0.4, 0.5) is 0 Å². The summed E-state index contributed by atoms with van der Waals surface area (Å²) >= 11 is 0. The highest BCUT2D eigenvalue weighted by Crippen LogP contribution is 2.18. The summed E-state index contributed by atoms with van der Waals surface area (Å²) in [5.41, 5.74) is 0.318. The number of methoxy groups -OCH3 is 1. The number of carbonyl (C=O) groups is 1. The molecule has 4 nitrogen and oxygen atoms in total. The number of carbonyl (C=O) groups excluding carboxylic acids is 1. The van der Waals surface area contributed by atoms with Gasteiger partial charge in [0, 0.05) is 0 Å². The number of para-hydroxylation sites is 1. The van der Waals surface area contributed by atoms with Gasteiger partial charge in [0.25, 0.3) is 0 Å². The van der Waals surface area contributed by atoms with Gasteiger partial charge in [-0.2, -0.15) is 0 Å². The van der Waals surface area contributed by atoms with Gasteiger partial charge < -0.3 is 4.74 Å². The monoisotopic (exact) mass is 284 g/mol. The summed E-state index contributed by atoms with van der Waals surface area (Å²) in [6.07, 6.45) is 0.571. The van der Waals surface area contributed by atoms with Gasteiger partial charge in [-0.25, -0.2) is 8.42 Å². The Morgan fingerprint density at radius 1 is 1.26 bits per heavy atom. The molecule has 0 aliphatic heterocycles. The molecule has 0 bridgehead atoms. The van der Waals surface area contributed by atoms with E-state index >= 15 is 0 Å². The van der Waals surface area contributed by atoms with Gasteiger partial charge in [-0.3, -0.25) is 4.79 Å². The first kappa shape index (κ1) is 15.7. The quantitative estimate of drug-likeness (QED) is 0.721. The van der Waals surface area contributed by atoms with E-state index in [9.17, 15) is 13.2 Å². The number of sulfone groups is 1. The maximum Gasteiger partial charge on any atom is 0.181 e. The molecule has 0 saturated carbocycles. The number of ketones is 1. The van der Waals surface area contributed by atoms with Gasteiger partial charge in [-0.1, -0.05) is 26.0 Å². The van der Waals surface area contributed by atoms with E-state index in [-0.39, 0.29) is 5.75 Å². The van der Waals surface area contributed by atoms with Crippen molar-refractivity contribution in [3.63, 3.8) is 0 Å². The predicted molar refractivity (Wildman–Crippen MR) is 75.4 cm³/mol. The fourth-order valence-electron chi connectivity index (χ4n) is 1.64. The van der Waals surface area contributed by atoms with Gasteiger partial charge >= 0.3 is 0 Å². The Balaban J connectivity index is 2.79. The SMILES string of the molecule is COc1ccccc1C(=O)CS(=O)(=O)CCC(C)C. The van der Waals surface area contributed by atoms with Crippen LogP contribution in [0.25, 0.3) is 0 Å². The minimum Gasteiger partial charge on any atom is -0.496 e. The summed E-state index contributed by atoms with van der Waals surface area (Å²) in [7, 11) is -1.90. The second-order valence-electron chi connectivity index (χ2n) is 4.90. The van der Waals surface area contributed by atoms with Crippen LogP contribution >= 0.6 is 0 Å². The highest BCUT2D eigenvalue weighted by Gasteiger charge is 2.20. The zero-order chi connectivity index (χ0) is 14.5. The van der Waals surface area contributed by atoms with Gasteiger partial charge in [-0.15, -0.1) is 0 Å². The Kier molecular flexibility index (Phi) is 5.54. The van der Waals surface area contributed by atoms with Crippen molar-refractivity contribution in [3.05, 3.63) is 29.8 Å². The van der Waals surface area contributed by atoms with E-state index in [1.54, 1.807) is 24.3 Å². The van der Waals surface area contributed by atoms with Gasteiger partial charge in [0.15, 0.2) is 15.6 Å². The van der Waals surface area contributed by atoms with E-state index in [4.69, 9.17) is 4.74 Å². The molecule has 0 fully saturated rings. The maximum atomic E-state index is 12.0. The summed E-state index contributed by atoms with van der Waals surface area (Å²) in [4.78, 5) is 12.0. The minimum atomic E-state index is -3.35. The van der Waals surface area contributed by atoms with Crippen molar-refractivity contribution in [2.24, 2.45) is 5.92 Å². The van der Waals surface area contributed by atoms with Crippen molar-refractivity contribution in [2.75, 3.05) is 18.6 Å². The van der Waals surface area contributed by atoms with Gasteiger partial charge in [0.1, 0.15) is 11.5 Å². The van der Waals surface area contributed by atoms with Gasteiger partial charge in [-0.05, 0) is 24.5 Å². The smallest absolute Gasteiger partial charge is 0.181 e. The molecule has 1 aromatic carbocycles. The van der Waals surface area contributed by atoms with Crippen LogP contribution in [0, 0.1) is 5.92 Å². The molecule has 0 N–H and O–H groups in total. The van der Waals surface area contributed by atoms with Crippen LogP contribution in [0.5, 0.6) is 5.75 Å². The van der Waals surface area contributed by atoms with E-state index < -0.39 is 21.4 Å². The summed E-state index contributed by atoms with van der Waals surface area (Å²) in [5, 5.41) is 0. The second kappa shape index (κ2) is 6.70. The molecule has 0 aromatic heterocycles. The maximum absolute atomic E-state index is 12.0. The number of Topliss-reactive ketones (excluding diaryl/α,β-unsaturated/α-hetero) is 1. The molecule has 1 aromatic rings. The lowest BCUT2D eigenvalue weighted by Gasteiger charge is -2.08. The fourth-order valence-corrected chi connectivity index (χ4v) is 3.17. The molecule has 0 spiro atoms. The molecular formula is C14H20O4S. The van der Waals surface area contributed by atoms with Crippen LogP contribution in [0.15, 0.2) is 24.3 Å². The molecule has 106 valence electrons. The molecule has 0 radical (unpaired) electrons. The molecule has 0 aliphatic carbocycles. The molecule has 1 rings (SSSR count). The molecule has 5 heteroatoms. The Morgan fingerprint density at radius 2 is 1.89 bits per heavy atom. The molecule has 0 aliphatic rings. The Labute approximate surface area is 114 Å². The number of rotatable bonds is 7. The Hall–Kier alpha value is -1.36. The van der Waals surface area contributed by atoms with Crippen LogP contribution in [0.1, 0.15) is 30.6 Å². The van der Waals surface area contributed by atoms with Crippen molar-refractivity contribution in [2.45, 2.75) is 20.3 Å². The average Bonchev–Trinajstić information content (AvgIpc) is 2.36. The van der Waals surface area contributed by atoms with Gasteiger partial charge in [0.2, 0.25) is 0 Å². The summed E-state index contributed by atoms with van der Waals surface area (Å²) in [6, 6.07) is 6.66. The number of hydrogen-bond acceptors (Lipinski definition) is 4. The highest BCUT2D eigenvalue weighted by atomic mass is 32.2. The van der Waals surface area contributed by atoms with Crippen LogP contribution in [-0.2, 0) is 9.84 Å². The topological polar surface area (TPSA) is 60.4 Å². The van der Waals surface area contributed by atoms with E-state index in [2.05, 4.69) is 0 Å². The number of ether oxygens (including phenoxy) is 1. The van der Waals surface area contributed by atoms with Gasteiger partial charge in [0.05, 0.1) is 18.4 Å². The lowest BCUT2D eigenvalue weighted by molar-refractivity contribution is 0.101. The first-order valence-electron chi connectivity index (χ1n) is 6.22. The van der Waals surface area contributed by atoms with Crippen molar-refractivity contribution in [3.8, 4) is 5.75 Å². The van der Waals surface area contributed by atoms with Crippen molar-refractivity contribution < 1.29 is 17.9 Å². The lowest BCUT2D eigenvalue weighted by Crippen LogP contribution is -2.20. The van der Waals surface area contributed by atoms with Crippen molar-refractivity contribution in [1.82, 2.24) is 0 Å². The zero-order valence-corrected chi connectivity index (χ0v) is 12.4. The third-order valence-corrected chi connectivity index (χ3v) is 4.32. The molecule has 0 atom stereocenters. The lowest BCUT2D eigenvalue weighted by atomic mass is 10.1. The van der Waals surface area contributed by atoms with Crippen LogP contribution in [0.3, 0.4) is 0 Å². The first-order chi connectivity index (χ1) is 8.85. The summed E-state index contributed by atoms with van der Waals surface area (Å²) < 4.78 is 28.8. The van der Waals surface area contributed by atoms with Crippen LogP contribution in [0.2, 0.25) is 0 Å². The fraction of sp³-hybridized carbons (Fsp3) is 0.500. The predicted octanol–water partition coefficient (Wildman–Crippen LogP) is 2.34. The van der Waals surface area contributed by atoms with Crippen molar-refractivity contribution >= 4 is 15.6 Å². The number of hydrogen-bond donors (Lipinski definition) is 0. The van der Waals surface area contributed by atoms with Crippen LogP contribution < -0.4 is 4.74 Å². The Morgan fingerprint density at radius 3 is 2.47 bits per heavy atom. The highest BCUT2D eigenvalue weighted by molar-refractivity contribution is 7.92. The largest absolute Gasteiger partial charge is 0.496 e. The zero-order valence-electron chi connectivity index (χ0n) is 11.5. The standard InChI is InChI=1S/C14H20O4S/c1-11(2)8-9-19(16,17)10-13(15)12-6-4-5-7-14(12)18-3/h4-7,11H,8-10H2,1-3H3. The molecule has 0 unspecified atom stereocenters. The molecule has 0 saturated heterocycles. The molecule has 19 heavy (non-hydrogen) atoms. The number of benzene rings is 1. The molecule has 0 heterocycles. The third kappa shape index (κ3) is 5.03. The van der Waals surface area contributed by atoms with E-state index in [1.807, 2.05) is 13.8 Å². The average molecular weight is 284 g/mol. The second-order valence-corrected chi connectivity index (χ2v) is 7.08. The van der Waals surface area contributed by atoms with Crippen molar-refractivity contribution in [1.29, 1.82) is 0 Å². The normalized spacial score (nSPS) is 11.6. The summed E-state index contributed by atoms with van der Waals surface area (Å²) in [6.45, 7) is 3.91. The summed E-state index contributed by atoms with van der Waals surface area (Å²) in [5.74, 6) is -0.116.